The summed E-state index contributed by atoms with van der Waals surface area (Å²) in [5.74, 6) is 3.00. The zero-order valence-corrected chi connectivity index (χ0v) is 21.7. The fourth-order valence-electron chi connectivity index (χ4n) is 8.14. The molecule has 192 valence electrons. The maximum Gasteiger partial charge on any atom is 0.243 e. The van der Waals surface area contributed by atoms with Gasteiger partial charge in [0.15, 0.2) is 0 Å². The fourth-order valence-corrected chi connectivity index (χ4v) is 9.58. The first-order chi connectivity index (χ1) is 17.9. The molecular weight excluding hydrogens is 484 g/mol. The van der Waals surface area contributed by atoms with Crippen LogP contribution >= 0.6 is 0 Å². The Bertz CT molecular complexity index is 1470. The third kappa shape index (κ3) is 4.14. The first-order valence-electron chi connectivity index (χ1n) is 13.5. The number of hydrogen-bond acceptors (Lipinski definition) is 5. The van der Waals surface area contributed by atoms with Crippen LogP contribution in [0.5, 0.6) is 0 Å². The summed E-state index contributed by atoms with van der Waals surface area (Å²) in [6.45, 7) is 0.498. The number of nitrogens with zero attached hydrogens (tertiary/aromatic N) is 3. The predicted molar refractivity (Wildman–Crippen MR) is 141 cm³/mol. The second-order valence-corrected chi connectivity index (χ2v) is 13.8. The molecule has 0 saturated heterocycles. The number of aromatic nitrogens is 2. The summed E-state index contributed by atoms with van der Waals surface area (Å²) in [6, 6.07) is 13.0. The predicted octanol–water partition coefficient (Wildman–Crippen LogP) is 4.92. The Hall–Kier alpha value is -2.84. The molecule has 0 atom stereocenters. The molecule has 37 heavy (non-hydrogen) atoms. The normalized spacial score (nSPS) is 28.8. The fraction of sp³-hybridized carbons (Fsp3) is 0.483. The molecule has 2 aromatic carbocycles. The minimum atomic E-state index is -3.68. The molecule has 0 unspecified atom stereocenters. The van der Waals surface area contributed by atoms with Crippen LogP contribution in [0.15, 0.2) is 53.7 Å². The van der Waals surface area contributed by atoms with Crippen LogP contribution in [-0.2, 0) is 27.8 Å². The van der Waals surface area contributed by atoms with Crippen molar-refractivity contribution >= 4 is 32.5 Å². The zero-order valence-electron chi connectivity index (χ0n) is 20.9. The van der Waals surface area contributed by atoms with E-state index >= 15 is 0 Å². The minimum absolute atomic E-state index is 0.0362. The standard InChI is InChI=1S/C29H32N4O3S/c34-27(16-29-13-19-9-20(14-29)11-21(10-19)15-29)32-28-25-7-8-33(17-26(25)30-18-31-28)37(35,36)24-6-5-22-3-1-2-4-23(22)12-24/h1-6,12,18-21H,7-11,13-17H2,(H,30,31,32,34). The highest BCUT2D eigenvalue weighted by Gasteiger charge is 2.51. The summed E-state index contributed by atoms with van der Waals surface area (Å²) in [4.78, 5) is 22.3. The van der Waals surface area contributed by atoms with Crippen molar-refractivity contribution in [1.82, 2.24) is 14.3 Å². The van der Waals surface area contributed by atoms with Gasteiger partial charge in [0, 0.05) is 18.5 Å². The number of hydrogen-bond donors (Lipinski definition) is 1. The summed E-state index contributed by atoms with van der Waals surface area (Å²) in [7, 11) is -3.68. The molecule has 3 aromatic rings. The average molecular weight is 517 g/mol. The second kappa shape index (κ2) is 8.60. The van der Waals surface area contributed by atoms with Crippen molar-refractivity contribution in [2.75, 3.05) is 11.9 Å². The number of anilines is 1. The lowest BCUT2D eigenvalue weighted by molar-refractivity contribution is -0.124. The van der Waals surface area contributed by atoms with E-state index in [4.69, 9.17) is 0 Å². The Morgan fingerprint density at radius 1 is 0.973 bits per heavy atom. The maximum atomic E-state index is 13.5. The Morgan fingerprint density at radius 2 is 1.68 bits per heavy atom. The second-order valence-electron chi connectivity index (χ2n) is 11.9. The molecule has 1 aliphatic heterocycles. The number of fused-ring (bicyclic) bond motifs is 2. The molecule has 1 N–H and O–H groups in total. The lowest BCUT2D eigenvalue weighted by atomic mass is 9.49. The topological polar surface area (TPSA) is 92.3 Å². The van der Waals surface area contributed by atoms with Crippen molar-refractivity contribution in [2.45, 2.75) is 62.8 Å². The number of rotatable bonds is 5. The van der Waals surface area contributed by atoms with E-state index in [0.717, 1.165) is 34.1 Å². The molecule has 8 heteroatoms. The molecule has 1 aromatic heterocycles. The molecule has 0 radical (unpaired) electrons. The van der Waals surface area contributed by atoms with Gasteiger partial charge in [-0.25, -0.2) is 18.4 Å². The van der Waals surface area contributed by atoms with Crippen molar-refractivity contribution < 1.29 is 13.2 Å². The lowest BCUT2D eigenvalue weighted by Crippen LogP contribution is -2.47. The van der Waals surface area contributed by atoms with Gasteiger partial charge in [0.1, 0.15) is 12.1 Å². The number of carbonyl (C=O) groups is 1. The van der Waals surface area contributed by atoms with Crippen LogP contribution in [-0.4, -0.2) is 35.1 Å². The zero-order chi connectivity index (χ0) is 25.2. The molecule has 4 bridgehead atoms. The van der Waals surface area contributed by atoms with Crippen LogP contribution in [0.2, 0.25) is 0 Å². The van der Waals surface area contributed by atoms with Gasteiger partial charge in [0.05, 0.1) is 17.1 Å². The number of benzene rings is 2. The Labute approximate surface area is 217 Å². The third-order valence-electron chi connectivity index (χ3n) is 9.29. The van der Waals surface area contributed by atoms with Crippen LogP contribution in [0.4, 0.5) is 5.82 Å². The van der Waals surface area contributed by atoms with Crippen molar-refractivity contribution in [2.24, 2.45) is 23.2 Å². The number of amides is 1. The van der Waals surface area contributed by atoms with Gasteiger partial charge in [-0.05, 0) is 91.0 Å². The van der Waals surface area contributed by atoms with Gasteiger partial charge in [-0.15, -0.1) is 0 Å². The van der Waals surface area contributed by atoms with Crippen LogP contribution < -0.4 is 5.32 Å². The number of carbonyl (C=O) groups excluding carboxylic acids is 1. The molecule has 0 spiro atoms. The van der Waals surface area contributed by atoms with E-state index in [1.807, 2.05) is 30.3 Å². The molecule has 2 heterocycles. The monoisotopic (exact) mass is 516 g/mol. The van der Waals surface area contributed by atoms with E-state index in [1.54, 1.807) is 12.1 Å². The maximum absolute atomic E-state index is 13.5. The summed E-state index contributed by atoms with van der Waals surface area (Å²) in [5, 5.41) is 4.99. The van der Waals surface area contributed by atoms with E-state index in [-0.39, 0.29) is 22.8 Å². The van der Waals surface area contributed by atoms with Crippen molar-refractivity contribution in [3.63, 3.8) is 0 Å². The molecule has 5 aliphatic rings. The van der Waals surface area contributed by atoms with Crippen molar-refractivity contribution in [3.05, 3.63) is 60.0 Å². The van der Waals surface area contributed by atoms with Gasteiger partial charge in [-0.3, -0.25) is 4.79 Å². The van der Waals surface area contributed by atoms with Crippen molar-refractivity contribution in [3.8, 4) is 0 Å². The van der Waals surface area contributed by atoms with Crippen LogP contribution in [0, 0.1) is 23.2 Å². The lowest BCUT2D eigenvalue weighted by Gasteiger charge is -2.56. The molecule has 8 rings (SSSR count). The van der Waals surface area contributed by atoms with E-state index in [2.05, 4.69) is 15.3 Å². The summed E-state index contributed by atoms with van der Waals surface area (Å²) in [6.07, 6.45) is 10.1. The minimum Gasteiger partial charge on any atom is -0.310 e. The smallest absolute Gasteiger partial charge is 0.243 e. The van der Waals surface area contributed by atoms with Crippen LogP contribution in [0.3, 0.4) is 0 Å². The Balaban J connectivity index is 1.08. The van der Waals surface area contributed by atoms with E-state index in [9.17, 15) is 13.2 Å². The van der Waals surface area contributed by atoms with Gasteiger partial charge >= 0.3 is 0 Å². The van der Waals surface area contributed by atoms with Gasteiger partial charge in [-0.2, -0.15) is 4.31 Å². The average Bonchev–Trinajstić information content (AvgIpc) is 2.87. The molecule has 4 saturated carbocycles. The van der Waals surface area contributed by atoms with Gasteiger partial charge in [0.25, 0.3) is 0 Å². The Kier molecular flexibility index (Phi) is 5.41. The van der Waals surface area contributed by atoms with Gasteiger partial charge in [-0.1, -0.05) is 30.3 Å². The Morgan fingerprint density at radius 3 is 2.41 bits per heavy atom. The van der Waals surface area contributed by atoms with E-state index in [1.165, 1.54) is 49.2 Å². The molecule has 4 fully saturated rings. The van der Waals surface area contributed by atoms with Crippen LogP contribution in [0.25, 0.3) is 10.8 Å². The van der Waals surface area contributed by atoms with E-state index in [0.29, 0.717) is 30.9 Å². The molecular formula is C29H32N4O3S. The van der Waals surface area contributed by atoms with Gasteiger partial charge in [0.2, 0.25) is 15.9 Å². The van der Waals surface area contributed by atoms with Gasteiger partial charge < -0.3 is 5.32 Å². The quantitative estimate of drug-likeness (QED) is 0.520. The van der Waals surface area contributed by atoms with Crippen molar-refractivity contribution in [1.29, 1.82) is 0 Å². The summed E-state index contributed by atoms with van der Waals surface area (Å²) < 4.78 is 28.4. The highest BCUT2D eigenvalue weighted by molar-refractivity contribution is 7.89. The molecule has 4 aliphatic carbocycles. The summed E-state index contributed by atoms with van der Waals surface area (Å²) in [5.41, 5.74) is 1.68. The molecule has 1 amide bonds. The van der Waals surface area contributed by atoms with E-state index < -0.39 is 10.0 Å². The number of nitrogens with one attached hydrogen (secondary N) is 1. The first-order valence-corrected chi connectivity index (χ1v) is 14.9. The highest BCUT2D eigenvalue weighted by Crippen LogP contribution is 2.61. The first kappa shape index (κ1) is 23.3. The summed E-state index contributed by atoms with van der Waals surface area (Å²) >= 11 is 0. The molecule has 7 nitrogen and oxygen atoms in total. The van der Waals surface area contributed by atoms with Crippen LogP contribution in [0.1, 0.15) is 56.2 Å². The SMILES string of the molecule is O=C(CC12CC3CC(CC(C3)C1)C2)Nc1ncnc2c1CCN(S(=O)(=O)c1ccc3ccccc3c1)C2. The third-order valence-corrected chi connectivity index (χ3v) is 11.1. The highest BCUT2D eigenvalue weighted by atomic mass is 32.2. The largest absolute Gasteiger partial charge is 0.310 e. The number of sulfonamides is 1.